The van der Waals surface area contributed by atoms with E-state index in [1.54, 1.807) is 19.2 Å². The van der Waals surface area contributed by atoms with Crippen LogP contribution in [0.2, 0.25) is 0 Å². The van der Waals surface area contributed by atoms with Crippen LogP contribution in [-0.2, 0) is 4.79 Å². The molecule has 0 aliphatic carbocycles. The van der Waals surface area contributed by atoms with E-state index >= 15 is 0 Å². The lowest BCUT2D eigenvalue weighted by Gasteiger charge is -2.28. The van der Waals surface area contributed by atoms with Gasteiger partial charge >= 0.3 is 5.97 Å². The monoisotopic (exact) mass is 358 g/mol. The summed E-state index contributed by atoms with van der Waals surface area (Å²) in [5.74, 6) is 0.459. The van der Waals surface area contributed by atoms with Gasteiger partial charge in [0.2, 0.25) is 0 Å². The first-order chi connectivity index (χ1) is 12.5. The summed E-state index contributed by atoms with van der Waals surface area (Å²) in [6.07, 6.45) is 1.31. The zero-order valence-corrected chi connectivity index (χ0v) is 14.7. The summed E-state index contributed by atoms with van der Waals surface area (Å²) in [7, 11) is 1.54. The zero-order valence-electron chi connectivity index (χ0n) is 14.7. The van der Waals surface area contributed by atoms with Crippen LogP contribution in [0.25, 0.3) is 11.3 Å². The highest BCUT2D eigenvalue weighted by molar-refractivity contribution is 5.73. The predicted molar refractivity (Wildman–Crippen MR) is 96.5 cm³/mol. The van der Waals surface area contributed by atoms with Crippen LogP contribution < -0.4 is 15.4 Å². The summed E-state index contributed by atoms with van der Waals surface area (Å²) < 4.78 is 5.09. The maximum absolute atomic E-state index is 11.0. The number of ether oxygens (including phenoxy) is 1. The molecule has 2 heterocycles. The number of aromatic hydroxyl groups is 1. The number of anilines is 1. The minimum absolute atomic E-state index is 0.0821. The second-order valence-electron chi connectivity index (χ2n) is 6.36. The average Bonchev–Trinajstić information content (AvgIpc) is 2.63. The van der Waals surface area contributed by atoms with Gasteiger partial charge in [-0.1, -0.05) is 0 Å². The lowest BCUT2D eigenvalue weighted by Crippen LogP contribution is -2.48. The van der Waals surface area contributed by atoms with E-state index in [1.165, 1.54) is 6.07 Å². The molecule has 0 unspecified atom stereocenters. The fraction of sp³-hybridized carbons (Fsp3) is 0.389. The lowest BCUT2D eigenvalue weighted by atomic mass is 10.0. The molecule has 0 radical (unpaired) electrons. The van der Waals surface area contributed by atoms with Crippen LogP contribution in [0.5, 0.6) is 11.5 Å². The minimum atomic E-state index is -0.817. The van der Waals surface area contributed by atoms with Crippen molar-refractivity contribution in [3.05, 3.63) is 29.8 Å². The molecule has 1 aliphatic heterocycles. The molecule has 0 spiro atoms. The summed E-state index contributed by atoms with van der Waals surface area (Å²) in [6.45, 7) is 2.46. The highest BCUT2D eigenvalue weighted by Gasteiger charge is 2.25. The van der Waals surface area contributed by atoms with Gasteiger partial charge in [-0.2, -0.15) is 0 Å². The number of aliphatic carboxylic acids is 1. The Morgan fingerprint density at radius 1 is 1.31 bits per heavy atom. The van der Waals surface area contributed by atoms with E-state index in [-0.39, 0.29) is 11.8 Å². The van der Waals surface area contributed by atoms with Gasteiger partial charge in [0.1, 0.15) is 23.4 Å². The summed E-state index contributed by atoms with van der Waals surface area (Å²) in [5.41, 5.74) is 2.06. The van der Waals surface area contributed by atoms with Crippen molar-refractivity contribution < 1.29 is 19.7 Å². The Balaban J connectivity index is 1.71. The van der Waals surface area contributed by atoms with Crippen molar-refractivity contribution in [2.45, 2.75) is 31.8 Å². The molecule has 3 rings (SSSR count). The van der Waals surface area contributed by atoms with Gasteiger partial charge in [-0.3, -0.25) is 4.79 Å². The van der Waals surface area contributed by atoms with Crippen molar-refractivity contribution in [3.8, 4) is 22.8 Å². The van der Waals surface area contributed by atoms with Crippen LogP contribution in [0.3, 0.4) is 0 Å². The Morgan fingerprint density at radius 2 is 2.12 bits per heavy atom. The molecule has 0 saturated carbocycles. The number of piperidine rings is 1. The molecule has 1 aliphatic rings. The molecule has 4 N–H and O–H groups in total. The number of carboxylic acid groups (broad SMARTS) is 1. The normalized spacial score (nSPS) is 19.8. The maximum atomic E-state index is 11.0. The van der Waals surface area contributed by atoms with E-state index < -0.39 is 12.0 Å². The third-order valence-electron chi connectivity index (χ3n) is 4.51. The number of carbonyl (C=O) groups is 1. The van der Waals surface area contributed by atoms with Crippen molar-refractivity contribution in [1.82, 2.24) is 15.5 Å². The van der Waals surface area contributed by atoms with Gasteiger partial charge in [0.05, 0.1) is 12.8 Å². The largest absolute Gasteiger partial charge is 0.507 e. The number of rotatable bonds is 5. The first-order valence-electron chi connectivity index (χ1n) is 8.42. The van der Waals surface area contributed by atoms with Crippen LogP contribution in [0.4, 0.5) is 5.82 Å². The van der Waals surface area contributed by atoms with Gasteiger partial charge in [-0.25, -0.2) is 0 Å². The van der Waals surface area contributed by atoms with E-state index in [0.29, 0.717) is 35.8 Å². The molecule has 2 aromatic rings. The summed E-state index contributed by atoms with van der Waals surface area (Å²) in [6, 6.07) is 6.52. The maximum Gasteiger partial charge on any atom is 0.320 e. The van der Waals surface area contributed by atoms with Crippen LogP contribution in [0, 0.1) is 6.92 Å². The van der Waals surface area contributed by atoms with E-state index in [9.17, 15) is 9.90 Å². The Hall–Kier alpha value is -2.87. The van der Waals surface area contributed by atoms with Crippen molar-refractivity contribution in [2.24, 2.45) is 0 Å². The van der Waals surface area contributed by atoms with Crippen LogP contribution in [0.15, 0.2) is 24.3 Å². The number of aromatic nitrogens is 2. The molecule has 8 nitrogen and oxygen atoms in total. The van der Waals surface area contributed by atoms with Gasteiger partial charge < -0.3 is 25.6 Å². The number of nitrogens with zero attached hydrogens (tertiary/aromatic N) is 2. The molecule has 1 saturated heterocycles. The van der Waals surface area contributed by atoms with E-state index in [0.717, 1.165) is 12.0 Å². The van der Waals surface area contributed by atoms with E-state index in [2.05, 4.69) is 20.8 Å². The first-order valence-corrected chi connectivity index (χ1v) is 8.42. The second-order valence-corrected chi connectivity index (χ2v) is 6.36. The molecule has 2 atom stereocenters. The zero-order chi connectivity index (χ0) is 18.7. The number of phenolic OH excluding ortho intramolecular Hbond substituents is 1. The number of benzene rings is 1. The van der Waals surface area contributed by atoms with E-state index in [4.69, 9.17) is 9.84 Å². The molecule has 0 amide bonds. The van der Waals surface area contributed by atoms with Crippen molar-refractivity contribution >= 4 is 11.8 Å². The van der Waals surface area contributed by atoms with Crippen molar-refractivity contribution in [1.29, 1.82) is 0 Å². The molecular weight excluding hydrogens is 336 g/mol. The quantitative estimate of drug-likeness (QED) is 0.639. The lowest BCUT2D eigenvalue weighted by molar-refractivity contribution is -0.140. The van der Waals surface area contributed by atoms with E-state index in [1.807, 2.05) is 13.0 Å². The molecular formula is C18H22N4O4. The number of carboxylic acids is 1. The Morgan fingerprint density at radius 3 is 2.69 bits per heavy atom. The molecule has 1 aromatic heterocycles. The molecule has 26 heavy (non-hydrogen) atoms. The SMILES string of the molecule is COc1ccc(-c2nnc(N[C@@H]3CC[C@@H](C(=O)O)NC3)cc2C)c(O)c1. The fourth-order valence-electron chi connectivity index (χ4n) is 3.06. The van der Waals surface area contributed by atoms with Crippen LogP contribution in [0.1, 0.15) is 18.4 Å². The number of hydrogen-bond donors (Lipinski definition) is 4. The standard InChI is InChI=1S/C18H22N4O4/c1-10-7-16(20-11-3-6-14(18(24)25)19-9-11)21-22-17(10)13-5-4-12(26-2)8-15(13)23/h4-5,7-8,11,14,19,23H,3,6,9H2,1-2H3,(H,20,21)(H,24,25)/t11-,14+/m1/s1. The van der Waals surface area contributed by atoms with Gasteiger partial charge in [-0.15, -0.1) is 10.2 Å². The van der Waals surface area contributed by atoms with Crippen LogP contribution >= 0.6 is 0 Å². The number of hydrogen-bond acceptors (Lipinski definition) is 7. The molecule has 8 heteroatoms. The van der Waals surface area contributed by atoms with Gasteiger partial charge in [0, 0.05) is 24.2 Å². The van der Waals surface area contributed by atoms with Crippen molar-refractivity contribution in [2.75, 3.05) is 19.0 Å². The number of methoxy groups -OCH3 is 1. The van der Waals surface area contributed by atoms with Gasteiger partial charge in [-0.05, 0) is 43.5 Å². The third-order valence-corrected chi connectivity index (χ3v) is 4.51. The highest BCUT2D eigenvalue weighted by Crippen LogP contribution is 2.33. The Bertz CT molecular complexity index is 804. The topological polar surface area (TPSA) is 117 Å². The van der Waals surface area contributed by atoms with Crippen molar-refractivity contribution in [3.63, 3.8) is 0 Å². The second kappa shape index (κ2) is 7.57. The van der Waals surface area contributed by atoms with Crippen LogP contribution in [-0.4, -0.2) is 52.1 Å². The number of phenols is 1. The van der Waals surface area contributed by atoms with Gasteiger partial charge in [0.15, 0.2) is 0 Å². The third kappa shape index (κ3) is 3.85. The first kappa shape index (κ1) is 17.9. The fourth-order valence-corrected chi connectivity index (χ4v) is 3.06. The molecule has 0 bridgehead atoms. The van der Waals surface area contributed by atoms with Gasteiger partial charge in [0.25, 0.3) is 0 Å². The Kier molecular flexibility index (Phi) is 5.22. The summed E-state index contributed by atoms with van der Waals surface area (Å²) >= 11 is 0. The molecule has 1 fully saturated rings. The minimum Gasteiger partial charge on any atom is -0.507 e. The smallest absolute Gasteiger partial charge is 0.320 e. The highest BCUT2D eigenvalue weighted by atomic mass is 16.5. The number of nitrogens with one attached hydrogen (secondary N) is 2. The summed E-state index contributed by atoms with van der Waals surface area (Å²) in [4.78, 5) is 11.0. The Labute approximate surface area is 151 Å². The predicted octanol–water partition coefficient (Wildman–Crippen LogP) is 1.78. The summed E-state index contributed by atoms with van der Waals surface area (Å²) in [5, 5.41) is 33.9. The average molecular weight is 358 g/mol. The molecule has 138 valence electrons. The number of aryl methyl sites for hydroxylation is 1. The molecule has 1 aromatic carbocycles.